The van der Waals surface area contributed by atoms with Crippen molar-refractivity contribution in [3.63, 3.8) is 0 Å². The number of ketones is 1. The van der Waals surface area contributed by atoms with Crippen LogP contribution in [0.2, 0.25) is 0 Å². The Morgan fingerprint density at radius 1 is 1.45 bits per heavy atom. The summed E-state index contributed by atoms with van der Waals surface area (Å²) in [5, 5.41) is 0. The molecule has 0 radical (unpaired) electrons. The molecular formula is C9H15NO. The SMILES string of the molecule is CC(=O)C1[C@H]2CC[C@H](C2)N1C. The zero-order valence-corrected chi connectivity index (χ0v) is 7.21. The average Bonchev–Trinajstić information content (AvgIpc) is 2.44. The molecular weight excluding hydrogens is 138 g/mol. The second-order valence-electron chi connectivity index (χ2n) is 3.95. The van der Waals surface area contributed by atoms with Gasteiger partial charge in [-0.1, -0.05) is 0 Å². The number of Topliss-reactive ketones (excluding diaryl/α,β-unsaturated/α-hetero) is 1. The molecule has 1 heterocycles. The third-order valence-corrected chi connectivity index (χ3v) is 3.32. The van der Waals surface area contributed by atoms with Gasteiger partial charge in [0.25, 0.3) is 0 Å². The maximum absolute atomic E-state index is 11.2. The first kappa shape index (κ1) is 7.29. The first-order chi connectivity index (χ1) is 5.20. The van der Waals surface area contributed by atoms with E-state index in [2.05, 4.69) is 11.9 Å². The fraction of sp³-hybridized carbons (Fsp3) is 0.889. The fourth-order valence-corrected chi connectivity index (χ4v) is 2.83. The highest BCUT2D eigenvalue weighted by atomic mass is 16.1. The molecule has 0 amide bonds. The Bertz CT molecular complexity index is 188. The number of likely N-dealkylation sites (N-methyl/N-ethyl adjacent to an activating group) is 1. The molecule has 11 heavy (non-hydrogen) atoms. The molecule has 0 aromatic rings. The predicted molar refractivity (Wildman–Crippen MR) is 43.4 cm³/mol. The smallest absolute Gasteiger partial charge is 0.147 e. The molecule has 2 heteroatoms. The van der Waals surface area contributed by atoms with Gasteiger partial charge in [-0.05, 0) is 39.2 Å². The highest BCUT2D eigenvalue weighted by Crippen LogP contribution is 2.41. The number of carbonyl (C=O) groups is 1. The van der Waals surface area contributed by atoms with Gasteiger partial charge in [0, 0.05) is 6.04 Å². The molecule has 1 saturated heterocycles. The van der Waals surface area contributed by atoms with Gasteiger partial charge in [-0.3, -0.25) is 9.69 Å². The number of hydrogen-bond acceptors (Lipinski definition) is 2. The Kier molecular flexibility index (Phi) is 1.53. The van der Waals surface area contributed by atoms with Crippen molar-refractivity contribution in [2.45, 2.75) is 38.3 Å². The van der Waals surface area contributed by atoms with Crippen LogP contribution < -0.4 is 0 Å². The minimum absolute atomic E-state index is 0.258. The topological polar surface area (TPSA) is 20.3 Å². The summed E-state index contributed by atoms with van der Waals surface area (Å²) in [5.41, 5.74) is 0. The quantitative estimate of drug-likeness (QED) is 0.561. The summed E-state index contributed by atoms with van der Waals surface area (Å²) < 4.78 is 0. The number of hydrogen-bond donors (Lipinski definition) is 0. The molecule has 0 spiro atoms. The lowest BCUT2D eigenvalue weighted by molar-refractivity contribution is -0.123. The van der Waals surface area contributed by atoms with E-state index in [1.807, 2.05) is 0 Å². The molecule has 0 aromatic carbocycles. The second kappa shape index (κ2) is 2.31. The van der Waals surface area contributed by atoms with Crippen LogP contribution in [0.3, 0.4) is 0 Å². The van der Waals surface area contributed by atoms with E-state index in [0.717, 1.165) is 0 Å². The monoisotopic (exact) mass is 153 g/mol. The van der Waals surface area contributed by atoms with E-state index < -0.39 is 0 Å². The Morgan fingerprint density at radius 3 is 2.55 bits per heavy atom. The molecule has 3 atom stereocenters. The van der Waals surface area contributed by atoms with Crippen LogP contribution in [0.25, 0.3) is 0 Å². The van der Waals surface area contributed by atoms with Crippen molar-refractivity contribution < 1.29 is 4.79 Å². The number of rotatable bonds is 1. The molecule has 0 aromatic heterocycles. The van der Waals surface area contributed by atoms with Gasteiger partial charge >= 0.3 is 0 Å². The molecule has 1 aliphatic heterocycles. The van der Waals surface area contributed by atoms with Crippen molar-refractivity contribution in [3.05, 3.63) is 0 Å². The lowest BCUT2D eigenvalue weighted by Gasteiger charge is -2.29. The Labute approximate surface area is 67.6 Å². The molecule has 1 aliphatic carbocycles. The second-order valence-corrected chi connectivity index (χ2v) is 3.95. The van der Waals surface area contributed by atoms with E-state index in [1.54, 1.807) is 6.92 Å². The van der Waals surface area contributed by atoms with Crippen LogP contribution in [0.4, 0.5) is 0 Å². The molecule has 2 rings (SSSR count). The maximum Gasteiger partial charge on any atom is 0.147 e. The van der Waals surface area contributed by atoms with Crippen molar-refractivity contribution in [2.24, 2.45) is 5.92 Å². The van der Waals surface area contributed by atoms with Gasteiger partial charge in [0.1, 0.15) is 5.78 Å². The van der Waals surface area contributed by atoms with Crippen LogP contribution in [-0.2, 0) is 4.79 Å². The summed E-state index contributed by atoms with van der Waals surface area (Å²) >= 11 is 0. The number of nitrogens with zero attached hydrogens (tertiary/aromatic N) is 1. The Morgan fingerprint density at radius 2 is 2.18 bits per heavy atom. The van der Waals surface area contributed by atoms with E-state index in [-0.39, 0.29) is 6.04 Å². The van der Waals surface area contributed by atoms with Gasteiger partial charge in [-0.25, -0.2) is 0 Å². The zero-order valence-electron chi connectivity index (χ0n) is 7.21. The van der Waals surface area contributed by atoms with E-state index in [9.17, 15) is 4.79 Å². The van der Waals surface area contributed by atoms with Crippen molar-refractivity contribution in [1.82, 2.24) is 4.90 Å². The summed E-state index contributed by atoms with van der Waals surface area (Å²) in [5.74, 6) is 1.04. The first-order valence-electron chi connectivity index (χ1n) is 4.42. The maximum atomic E-state index is 11.2. The number of likely N-dealkylation sites (tertiary alicyclic amines) is 1. The summed E-state index contributed by atoms with van der Waals surface area (Å²) in [6.45, 7) is 1.72. The first-order valence-corrected chi connectivity index (χ1v) is 4.42. The van der Waals surface area contributed by atoms with Crippen LogP contribution in [-0.4, -0.2) is 29.8 Å². The van der Waals surface area contributed by atoms with E-state index in [4.69, 9.17) is 0 Å². The molecule has 1 saturated carbocycles. The van der Waals surface area contributed by atoms with E-state index in [0.29, 0.717) is 17.7 Å². The van der Waals surface area contributed by atoms with Crippen LogP contribution >= 0.6 is 0 Å². The normalized spacial score (nSPS) is 43.3. The van der Waals surface area contributed by atoms with Gasteiger partial charge in [0.15, 0.2) is 0 Å². The summed E-state index contributed by atoms with van der Waals surface area (Å²) in [4.78, 5) is 13.5. The lowest BCUT2D eigenvalue weighted by Crippen LogP contribution is -2.41. The summed E-state index contributed by atoms with van der Waals surface area (Å²) in [6.07, 6.45) is 3.85. The van der Waals surface area contributed by atoms with Crippen molar-refractivity contribution in [3.8, 4) is 0 Å². The van der Waals surface area contributed by atoms with Gasteiger partial charge in [-0.15, -0.1) is 0 Å². The van der Waals surface area contributed by atoms with Crippen molar-refractivity contribution in [2.75, 3.05) is 7.05 Å². The largest absolute Gasteiger partial charge is 0.298 e. The molecule has 2 bridgehead atoms. The minimum atomic E-state index is 0.258. The highest BCUT2D eigenvalue weighted by molar-refractivity contribution is 5.82. The highest BCUT2D eigenvalue weighted by Gasteiger charge is 2.45. The molecule has 2 nitrogen and oxygen atoms in total. The Balaban J connectivity index is 2.17. The molecule has 2 fully saturated rings. The number of fused-ring (bicyclic) bond motifs is 2. The van der Waals surface area contributed by atoms with Gasteiger partial charge in [-0.2, -0.15) is 0 Å². The van der Waals surface area contributed by atoms with Crippen molar-refractivity contribution >= 4 is 5.78 Å². The fourth-order valence-electron chi connectivity index (χ4n) is 2.83. The summed E-state index contributed by atoms with van der Waals surface area (Å²) in [7, 11) is 2.09. The molecule has 1 unspecified atom stereocenters. The standard InChI is InChI=1S/C9H15NO/c1-6(11)9-7-3-4-8(5-7)10(9)2/h7-9H,3-5H2,1-2H3/t7-,8+,9?/m0/s1. The lowest BCUT2D eigenvalue weighted by atomic mass is 9.96. The number of piperidine rings is 1. The van der Waals surface area contributed by atoms with E-state index >= 15 is 0 Å². The van der Waals surface area contributed by atoms with Crippen LogP contribution in [0.5, 0.6) is 0 Å². The molecule has 0 N–H and O–H groups in total. The van der Waals surface area contributed by atoms with Gasteiger partial charge in [0.05, 0.1) is 6.04 Å². The van der Waals surface area contributed by atoms with Gasteiger partial charge in [0.2, 0.25) is 0 Å². The molecule has 62 valence electrons. The van der Waals surface area contributed by atoms with E-state index in [1.165, 1.54) is 19.3 Å². The zero-order chi connectivity index (χ0) is 8.01. The Hall–Kier alpha value is -0.370. The third kappa shape index (κ3) is 0.924. The van der Waals surface area contributed by atoms with Gasteiger partial charge < -0.3 is 0 Å². The minimum Gasteiger partial charge on any atom is -0.298 e. The third-order valence-electron chi connectivity index (χ3n) is 3.32. The average molecular weight is 153 g/mol. The predicted octanol–water partition coefficient (Wildman–Crippen LogP) is 1.06. The van der Waals surface area contributed by atoms with Crippen LogP contribution in [0.1, 0.15) is 26.2 Å². The molecule has 2 aliphatic rings. The van der Waals surface area contributed by atoms with Crippen LogP contribution in [0, 0.1) is 5.92 Å². The number of carbonyl (C=O) groups excluding carboxylic acids is 1. The summed E-state index contributed by atoms with van der Waals surface area (Å²) in [6, 6.07) is 0.975. The van der Waals surface area contributed by atoms with Crippen LogP contribution in [0.15, 0.2) is 0 Å². The van der Waals surface area contributed by atoms with Crippen molar-refractivity contribution in [1.29, 1.82) is 0 Å².